The second kappa shape index (κ2) is 10.6. The maximum Gasteiger partial charge on any atom is 0.315 e. The molecule has 1 aliphatic heterocycles. The molecule has 0 bridgehead atoms. The molecule has 160 valence electrons. The van der Waals surface area contributed by atoms with Crippen LogP contribution in [0.25, 0.3) is 0 Å². The monoisotopic (exact) mass is 410 g/mol. The largest absolute Gasteiger partial charge is 0.492 e. The number of urea groups is 1. The number of rotatable bonds is 8. The molecule has 3 amide bonds. The van der Waals surface area contributed by atoms with E-state index in [0.29, 0.717) is 26.2 Å². The van der Waals surface area contributed by atoms with Gasteiger partial charge in [-0.15, -0.1) is 0 Å². The molecule has 1 aliphatic rings. The van der Waals surface area contributed by atoms with Crippen molar-refractivity contribution >= 4 is 11.9 Å². The van der Waals surface area contributed by atoms with Crippen LogP contribution in [0.3, 0.4) is 0 Å². The highest BCUT2D eigenvalue weighted by atomic mass is 16.5. The van der Waals surface area contributed by atoms with E-state index < -0.39 is 0 Å². The van der Waals surface area contributed by atoms with E-state index in [-0.39, 0.29) is 18.5 Å². The number of nitrogens with zero attached hydrogens (tertiary/aromatic N) is 2. The predicted molar refractivity (Wildman–Crippen MR) is 116 cm³/mol. The van der Waals surface area contributed by atoms with Gasteiger partial charge in [-0.3, -0.25) is 4.79 Å². The molecule has 0 aliphatic carbocycles. The average Bonchev–Trinajstić information content (AvgIpc) is 2.75. The first-order valence-corrected chi connectivity index (χ1v) is 10.2. The molecule has 30 heavy (non-hydrogen) atoms. The minimum atomic E-state index is -0.361. The van der Waals surface area contributed by atoms with E-state index in [1.165, 1.54) is 11.1 Å². The molecule has 0 radical (unpaired) electrons. The van der Waals surface area contributed by atoms with E-state index in [1.54, 1.807) is 4.90 Å². The maximum atomic E-state index is 12.4. The van der Waals surface area contributed by atoms with E-state index in [9.17, 15) is 9.59 Å². The number of carbonyl (C=O) groups is 2. The molecule has 0 saturated carbocycles. The van der Waals surface area contributed by atoms with Crippen molar-refractivity contribution in [3.63, 3.8) is 0 Å². The number of ether oxygens (including phenoxy) is 1. The summed E-state index contributed by atoms with van der Waals surface area (Å²) in [6, 6.07) is 15.4. The van der Waals surface area contributed by atoms with Gasteiger partial charge in [0.2, 0.25) is 5.91 Å². The van der Waals surface area contributed by atoms with Gasteiger partial charge >= 0.3 is 6.03 Å². The van der Waals surface area contributed by atoms with E-state index in [4.69, 9.17) is 4.74 Å². The Morgan fingerprint density at radius 1 is 1.07 bits per heavy atom. The molecule has 0 spiro atoms. The van der Waals surface area contributed by atoms with Gasteiger partial charge in [-0.1, -0.05) is 36.4 Å². The molecular weight excluding hydrogens is 380 g/mol. The van der Waals surface area contributed by atoms with Crippen molar-refractivity contribution in [2.24, 2.45) is 0 Å². The Balaban J connectivity index is 1.39. The van der Waals surface area contributed by atoms with Crippen molar-refractivity contribution in [1.82, 2.24) is 20.4 Å². The fourth-order valence-corrected chi connectivity index (χ4v) is 3.31. The van der Waals surface area contributed by atoms with Crippen molar-refractivity contribution in [3.8, 4) is 5.75 Å². The molecule has 7 heteroatoms. The third-order valence-corrected chi connectivity index (χ3v) is 5.04. The van der Waals surface area contributed by atoms with Gasteiger partial charge < -0.3 is 25.2 Å². The number of likely N-dealkylation sites (N-methyl/N-ethyl adjacent to an activating group) is 1. The highest BCUT2D eigenvalue weighted by Gasteiger charge is 2.20. The Morgan fingerprint density at radius 3 is 2.67 bits per heavy atom. The smallest absolute Gasteiger partial charge is 0.315 e. The van der Waals surface area contributed by atoms with Gasteiger partial charge in [-0.05, 0) is 49.3 Å². The highest BCUT2D eigenvalue weighted by Crippen LogP contribution is 2.18. The maximum absolute atomic E-state index is 12.4. The lowest BCUT2D eigenvalue weighted by atomic mass is 10.00. The first-order valence-electron chi connectivity index (χ1n) is 10.2. The average molecular weight is 411 g/mol. The summed E-state index contributed by atoms with van der Waals surface area (Å²) in [7, 11) is 3.99. The normalized spacial score (nSPS) is 13.0. The second-order valence-corrected chi connectivity index (χ2v) is 7.67. The molecule has 2 aromatic rings. The fourth-order valence-electron chi connectivity index (χ4n) is 3.31. The van der Waals surface area contributed by atoms with Gasteiger partial charge in [0.1, 0.15) is 12.4 Å². The minimum absolute atomic E-state index is 0.0122. The molecule has 1 heterocycles. The van der Waals surface area contributed by atoms with E-state index in [2.05, 4.69) is 21.6 Å². The Bertz CT molecular complexity index is 869. The van der Waals surface area contributed by atoms with Crippen LogP contribution in [-0.4, -0.2) is 62.1 Å². The molecule has 0 atom stereocenters. The van der Waals surface area contributed by atoms with Crippen LogP contribution in [0, 0.1) is 0 Å². The van der Waals surface area contributed by atoms with Crippen LogP contribution < -0.4 is 15.4 Å². The van der Waals surface area contributed by atoms with E-state index >= 15 is 0 Å². The van der Waals surface area contributed by atoms with Crippen molar-refractivity contribution < 1.29 is 14.3 Å². The summed E-state index contributed by atoms with van der Waals surface area (Å²) >= 11 is 0. The molecule has 0 aromatic heterocycles. The van der Waals surface area contributed by atoms with Crippen molar-refractivity contribution in [1.29, 1.82) is 0 Å². The van der Waals surface area contributed by atoms with E-state index in [0.717, 1.165) is 24.3 Å². The van der Waals surface area contributed by atoms with Gasteiger partial charge in [0.05, 0.1) is 6.54 Å². The van der Waals surface area contributed by atoms with Crippen LogP contribution in [0.5, 0.6) is 5.75 Å². The fraction of sp³-hybridized carbons (Fsp3) is 0.391. The van der Waals surface area contributed by atoms with Crippen LogP contribution in [0.15, 0.2) is 48.5 Å². The summed E-state index contributed by atoms with van der Waals surface area (Å²) in [6.45, 7) is 3.07. The summed E-state index contributed by atoms with van der Waals surface area (Å²) in [4.78, 5) is 28.4. The summed E-state index contributed by atoms with van der Waals surface area (Å²) in [5.74, 6) is 0.702. The second-order valence-electron chi connectivity index (χ2n) is 7.67. The Hall–Kier alpha value is -3.06. The van der Waals surface area contributed by atoms with Crippen LogP contribution in [0.4, 0.5) is 4.79 Å². The Morgan fingerprint density at radius 2 is 1.87 bits per heavy atom. The summed E-state index contributed by atoms with van der Waals surface area (Å²) < 4.78 is 5.72. The van der Waals surface area contributed by atoms with Crippen LogP contribution in [0.2, 0.25) is 0 Å². The lowest BCUT2D eigenvalue weighted by Gasteiger charge is -2.29. The van der Waals surface area contributed by atoms with Gasteiger partial charge in [0, 0.05) is 26.2 Å². The van der Waals surface area contributed by atoms with Crippen LogP contribution in [-0.2, 0) is 24.3 Å². The van der Waals surface area contributed by atoms with Crippen molar-refractivity contribution in [2.45, 2.75) is 19.5 Å². The lowest BCUT2D eigenvalue weighted by molar-refractivity contribution is -0.130. The first kappa shape index (κ1) is 21.6. The molecule has 0 saturated heterocycles. The number of nitrogens with one attached hydrogen (secondary N) is 2. The molecule has 2 N–H and O–H groups in total. The van der Waals surface area contributed by atoms with Gasteiger partial charge in [0.25, 0.3) is 0 Å². The summed E-state index contributed by atoms with van der Waals surface area (Å²) in [6.07, 6.45) is 0.848. The summed E-state index contributed by atoms with van der Waals surface area (Å²) in [5.41, 5.74) is 3.40. The quantitative estimate of drug-likeness (QED) is 0.698. The van der Waals surface area contributed by atoms with Gasteiger partial charge in [-0.2, -0.15) is 0 Å². The Labute approximate surface area is 178 Å². The zero-order chi connectivity index (χ0) is 21.3. The van der Waals surface area contributed by atoms with Gasteiger partial charge in [0.15, 0.2) is 0 Å². The lowest BCUT2D eigenvalue weighted by Crippen LogP contribution is -2.45. The number of hydrogen-bond donors (Lipinski definition) is 2. The number of carbonyl (C=O) groups excluding carboxylic acids is 2. The van der Waals surface area contributed by atoms with Crippen LogP contribution >= 0.6 is 0 Å². The molecular formula is C23H30N4O3. The molecule has 0 fully saturated rings. The Kier molecular flexibility index (Phi) is 7.68. The number of fused-ring (bicyclic) bond motifs is 1. The van der Waals surface area contributed by atoms with E-state index in [1.807, 2.05) is 56.6 Å². The SMILES string of the molecule is CN(C)CCOc1cccc(CNC(=O)NCC(=O)N2CCc3ccccc3C2)c1. The third kappa shape index (κ3) is 6.49. The van der Waals surface area contributed by atoms with Gasteiger partial charge in [-0.25, -0.2) is 4.79 Å². The zero-order valence-corrected chi connectivity index (χ0v) is 17.7. The summed E-state index contributed by atoms with van der Waals surface area (Å²) in [5, 5.41) is 5.45. The number of benzene rings is 2. The standard InChI is InChI=1S/C23H30N4O3/c1-26(2)12-13-30-21-9-5-6-18(14-21)15-24-23(29)25-16-22(28)27-11-10-19-7-3-4-8-20(19)17-27/h3-9,14H,10-13,15-17H2,1-2H3,(H2,24,25,29). The van der Waals surface area contributed by atoms with Crippen LogP contribution in [0.1, 0.15) is 16.7 Å². The number of amides is 3. The molecule has 0 unspecified atom stereocenters. The molecule has 3 rings (SSSR count). The molecule has 2 aromatic carbocycles. The van der Waals surface area contributed by atoms with Crippen molar-refractivity contribution in [2.75, 3.05) is 40.3 Å². The highest BCUT2D eigenvalue weighted by molar-refractivity contribution is 5.84. The topological polar surface area (TPSA) is 73.9 Å². The third-order valence-electron chi connectivity index (χ3n) is 5.04. The van der Waals surface area contributed by atoms with Crippen molar-refractivity contribution in [3.05, 3.63) is 65.2 Å². The first-order chi connectivity index (χ1) is 14.5. The minimum Gasteiger partial charge on any atom is -0.492 e. The number of hydrogen-bond acceptors (Lipinski definition) is 4. The zero-order valence-electron chi connectivity index (χ0n) is 17.7. The predicted octanol–water partition coefficient (Wildman–Crippen LogP) is 2.01. The molecule has 7 nitrogen and oxygen atoms in total.